The summed E-state index contributed by atoms with van der Waals surface area (Å²) >= 11 is 6.13. The zero-order chi connectivity index (χ0) is 17.8. The molecule has 130 valence electrons. The molecule has 0 unspecified atom stereocenters. The van der Waals surface area contributed by atoms with Gasteiger partial charge < -0.3 is 15.0 Å². The smallest absolute Gasteiger partial charge is 0.255 e. The van der Waals surface area contributed by atoms with Crippen LogP contribution in [0.5, 0.6) is 5.75 Å². The van der Waals surface area contributed by atoms with Crippen LogP contribution >= 0.6 is 11.6 Å². The van der Waals surface area contributed by atoms with Crippen molar-refractivity contribution in [1.29, 1.82) is 0 Å². The molecule has 1 fully saturated rings. The molecule has 0 radical (unpaired) electrons. The zero-order valence-electron chi connectivity index (χ0n) is 13.9. The highest BCUT2D eigenvalue weighted by molar-refractivity contribution is 6.32. The average molecular weight is 359 g/mol. The molecule has 5 nitrogen and oxygen atoms in total. The highest BCUT2D eigenvalue weighted by Gasteiger charge is 2.21. The first-order valence-electron chi connectivity index (χ1n) is 8.23. The molecule has 0 atom stereocenters. The van der Waals surface area contributed by atoms with Crippen LogP contribution in [0.1, 0.15) is 30.1 Å². The predicted molar refractivity (Wildman–Crippen MR) is 98.6 cm³/mol. The summed E-state index contributed by atoms with van der Waals surface area (Å²) in [7, 11) is 0. The molecule has 1 N–H and O–H groups in total. The van der Waals surface area contributed by atoms with Gasteiger partial charge in [0.15, 0.2) is 5.75 Å². The first kappa shape index (κ1) is 17.3. The van der Waals surface area contributed by atoms with E-state index in [4.69, 9.17) is 16.3 Å². The molecule has 3 rings (SSSR count). The number of benzene rings is 2. The Morgan fingerprint density at radius 2 is 2.00 bits per heavy atom. The molecule has 0 spiro atoms. The lowest BCUT2D eigenvalue weighted by molar-refractivity contribution is -0.117. The van der Waals surface area contributed by atoms with Gasteiger partial charge in [0.05, 0.1) is 17.3 Å². The third kappa shape index (κ3) is 3.77. The molecule has 1 heterocycles. The second-order valence-corrected chi connectivity index (χ2v) is 6.11. The van der Waals surface area contributed by atoms with Gasteiger partial charge in [0, 0.05) is 24.2 Å². The molecule has 2 amide bonds. The largest absolute Gasteiger partial charge is 0.490 e. The van der Waals surface area contributed by atoms with E-state index in [-0.39, 0.29) is 11.8 Å². The molecule has 0 bridgehead atoms. The minimum Gasteiger partial charge on any atom is -0.490 e. The van der Waals surface area contributed by atoms with Crippen molar-refractivity contribution in [2.24, 2.45) is 0 Å². The van der Waals surface area contributed by atoms with Crippen molar-refractivity contribution >= 4 is 34.8 Å². The number of nitrogens with one attached hydrogen (secondary N) is 1. The van der Waals surface area contributed by atoms with Gasteiger partial charge in [-0.3, -0.25) is 9.59 Å². The quantitative estimate of drug-likeness (QED) is 0.874. The number of amides is 2. The van der Waals surface area contributed by atoms with Crippen molar-refractivity contribution in [2.75, 3.05) is 23.4 Å². The molecule has 1 aliphatic rings. The summed E-state index contributed by atoms with van der Waals surface area (Å²) in [4.78, 5) is 26.0. The van der Waals surface area contributed by atoms with Gasteiger partial charge in [-0.15, -0.1) is 0 Å². The van der Waals surface area contributed by atoms with Crippen LogP contribution in [-0.2, 0) is 4.79 Å². The molecule has 0 aliphatic carbocycles. The lowest BCUT2D eigenvalue weighted by Crippen LogP contribution is -2.23. The van der Waals surface area contributed by atoms with Gasteiger partial charge in [-0.25, -0.2) is 0 Å². The molecular weight excluding hydrogens is 340 g/mol. The predicted octanol–water partition coefficient (Wildman–Crippen LogP) is 4.12. The van der Waals surface area contributed by atoms with E-state index in [1.807, 2.05) is 6.92 Å². The number of anilines is 2. The summed E-state index contributed by atoms with van der Waals surface area (Å²) in [5.74, 6) is 0.319. The Morgan fingerprint density at radius 3 is 2.64 bits per heavy atom. The monoisotopic (exact) mass is 358 g/mol. The van der Waals surface area contributed by atoms with Gasteiger partial charge in [0.25, 0.3) is 5.91 Å². The number of nitrogens with zero attached hydrogens (tertiary/aromatic N) is 1. The highest BCUT2D eigenvalue weighted by Crippen LogP contribution is 2.33. The number of halogens is 1. The average Bonchev–Trinajstić information content (AvgIpc) is 3.04. The van der Waals surface area contributed by atoms with Crippen LogP contribution in [0.3, 0.4) is 0 Å². The van der Waals surface area contributed by atoms with E-state index in [9.17, 15) is 9.59 Å². The van der Waals surface area contributed by atoms with Crippen molar-refractivity contribution in [3.05, 3.63) is 53.1 Å². The van der Waals surface area contributed by atoms with Crippen LogP contribution in [0.15, 0.2) is 42.5 Å². The maximum atomic E-state index is 12.5. The first-order chi connectivity index (χ1) is 12.1. The Kier molecular flexibility index (Phi) is 5.24. The normalized spacial score (nSPS) is 13.8. The van der Waals surface area contributed by atoms with Crippen LogP contribution in [0.2, 0.25) is 5.02 Å². The van der Waals surface area contributed by atoms with Gasteiger partial charge in [0.1, 0.15) is 0 Å². The fraction of sp³-hybridized carbons (Fsp3) is 0.263. The molecule has 6 heteroatoms. The molecule has 0 saturated carbocycles. The second kappa shape index (κ2) is 7.57. The number of hydrogen-bond donors (Lipinski definition) is 1. The van der Waals surface area contributed by atoms with Crippen molar-refractivity contribution in [2.45, 2.75) is 19.8 Å². The minimum absolute atomic E-state index is 0.123. The van der Waals surface area contributed by atoms with Gasteiger partial charge in [-0.05, 0) is 49.7 Å². The number of para-hydroxylation sites is 1. The van der Waals surface area contributed by atoms with E-state index < -0.39 is 0 Å². The van der Waals surface area contributed by atoms with Gasteiger partial charge in [-0.2, -0.15) is 0 Å². The topological polar surface area (TPSA) is 58.6 Å². The summed E-state index contributed by atoms with van der Waals surface area (Å²) in [5, 5.41) is 3.27. The lowest BCUT2D eigenvalue weighted by atomic mass is 10.1. The van der Waals surface area contributed by atoms with E-state index in [0.29, 0.717) is 35.1 Å². The summed E-state index contributed by atoms with van der Waals surface area (Å²) < 4.78 is 5.51. The van der Waals surface area contributed by atoms with E-state index >= 15 is 0 Å². The number of ether oxygens (including phenoxy) is 1. The molecule has 1 saturated heterocycles. The molecule has 2 aromatic rings. The van der Waals surface area contributed by atoms with Crippen LogP contribution in [0, 0.1) is 0 Å². The summed E-state index contributed by atoms with van der Waals surface area (Å²) in [6.45, 7) is 3.03. The molecular formula is C19H19ClN2O3. The lowest BCUT2D eigenvalue weighted by Gasteiger charge is -2.16. The van der Waals surface area contributed by atoms with E-state index in [1.54, 1.807) is 47.4 Å². The van der Waals surface area contributed by atoms with Gasteiger partial charge in [-0.1, -0.05) is 17.7 Å². The maximum Gasteiger partial charge on any atom is 0.255 e. The number of carbonyl (C=O) groups excluding carboxylic acids is 2. The maximum absolute atomic E-state index is 12.5. The van der Waals surface area contributed by atoms with Crippen LogP contribution < -0.4 is 15.0 Å². The molecule has 25 heavy (non-hydrogen) atoms. The van der Waals surface area contributed by atoms with Crippen LogP contribution in [0.25, 0.3) is 0 Å². The summed E-state index contributed by atoms with van der Waals surface area (Å²) in [6.07, 6.45) is 1.45. The Morgan fingerprint density at radius 1 is 1.24 bits per heavy atom. The third-order valence-corrected chi connectivity index (χ3v) is 4.32. The van der Waals surface area contributed by atoms with Crippen molar-refractivity contribution < 1.29 is 14.3 Å². The Bertz CT molecular complexity index is 790. The summed E-state index contributed by atoms with van der Waals surface area (Å²) in [6, 6.07) is 12.2. The fourth-order valence-corrected chi connectivity index (χ4v) is 3.04. The standard InChI is InChI=1S/C19H19ClN2O3/c1-2-25-18-15(20)5-3-6-16(18)21-19(24)13-8-10-14(11-9-13)22-12-4-7-17(22)23/h3,5-6,8-11H,2,4,7,12H2,1H3,(H,21,24). The summed E-state index contributed by atoms with van der Waals surface area (Å²) in [5.41, 5.74) is 1.84. The Labute approximate surface area is 151 Å². The van der Waals surface area contributed by atoms with Crippen molar-refractivity contribution in [3.63, 3.8) is 0 Å². The molecule has 1 aliphatic heterocycles. The number of rotatable bonds is 5. The van der Waals surface area contributed by atoms with Crippen LogP contribution in [-0.4, -0.2) is 25.0 Å². The molecule has 0 aromatic heterocycles. The minimum atomic E-state index is -0.262. The fourth-order valence-electron chi connectivity index (χ4n) is 2.81. The Hall–Kier alpha value is -2.53. The van der Waals surface area contributed by atoms with Gasteiger partial charge >= 0.3 is 0 Å². The number of hydrogen-bond acceptors (Lipinski definition) is 3. The zero-order valence-corrected chi connectivity index (χ0v) is 14.7. The van der Waals surface area contributed by atoms with E-state index in [2.05, 4.69) is 5.32 Å². The highest BCUT2D eigenvalue weighted by atomic mass is 35.5. The molecule has 2 aromatic carbocycles. The van der Waals surface area contributed by atoms with E-state index in [1.165, 1.54) is 0 Å². The van der Waals surface area contributed by atoms with Crippen LogP contribution in [0.4, 0.5) is 11.4 Å². The van der Waals surface area contributed by atoms with Crippen molar-refractivity contribution in [3.8, 4) is 5.75 Å². The van der Waals surface area contributed by atoms with Gasteiger partial charge in [0.2, 0.25) is 5.91 Å². The van der Waals surface area contributed by atoms with Crippen molar-refractivity contribution in [1.82, 2.24) is 0 Å². The number of carbonyl (C=O) groups is 2. The van der Waals surface area contributed by atoms with E-state index in [0.717, 1.165) is 18.7 Å². The second-order valence-electron chi connectivity index (χ2n) is 5.70. The third-order valence-electron chi connectivity index (χ3n) is 4.02. The SMILES string of the molecule is CCOc1c(Cl)cccc1NC(=O)c1ccc(N2CCCC2=O)cc1. The first-order valence-corrected chi connectivity index (χ1v) is 8.61. The Balaban J connectivity index is 1.76.